The Labute approximate surface area is 182 Å². The average Bonchev–Trinajstić information content (AvgIpc) is 3.18. The van der Waals surface area contributed by atoms with Crippen LogP contribution in [0.2, 0.25) is 0 Å². The first-order valence-corrected chi connectivity index (χ1v) is 10.8. The molecule has 158 valence electrons. The van der Waals surface area contributed by atoms with E-state index >= 15 is 0 Å². The van der Waals surface area contributed by atoms with Gasteiger partial charge in [-0.2, -0.15) is 0 Å². The molecule has 1 aliphatic heterocycles. The maximum Gasteiger partial charge on any atom is 0.123 e. The number of H-pyrrole nitrogens is 1. The highest BCUT2D eigenvalue weighted by atomic mass is 19.1. The molecule has 0 unspecified atom stereocenters. The van der Waals surface area contributed by atoms with Crippen LogP contribution in [0.4, 0.5) is 4.39 Å². The lowest BCUT2D eigenvalue weighted by molar-refractivity contribution is 0.242. The summed E-state index contributed by atoms with van der Waals surface area (Å²) in [6, 6.07) is 19.6. The highest BCUT2D eigenvalue weighted by Gasteiger charge is 2.18. The minimum absolute atomic E-state index is 0.230. The van der Waals surface area contributed by atoms with Crippen LogP contribution in [0.5, 0.6) is 5.75 Å². The monoisotopic (exact) mass is 414 g/mol. The topological polar surface area (TPSA) is 28.3 Å². The number of hydrogen-bond donors (Lipinski definition) is 1. The van der Waals surface area contributed by atoms with Gasteiger partial charge in [-0.25, -0.2) is 4.39 Å². The van der Waals surface area contributed by atoms with Crippen molar-refractivity contribution in [3.8, 4) is 5.75 Å². The van der Waals surface area contributed by atoms with E-state index < -0.39 is 0 Å². The van der Waals surface area contributed by atoms with E-state index in [1.54, 1.807) is 6.07 Å². The van der Waals surface area contributed by atoms with Crippen molar-refractivity contribution in [2.24, 2.45) is 0 Å². The largest absolute Gasteiger partial charge is 0.489 e. The second kappa shape index (κ2) is 8.20. The Morgan fingerprint density at radius 2 is 1.90 bits per heavy atom. The number of ether oxygens (including phenoxy) is 1. The lowest BCUT2D eigenvalue weighted by Crippen LogP contribution is -2.30. The fraction of sp³-hybridized carbons (Fsp3) is 0.259. The summed E-state index contributed by atoms with van der Waals surface area (Å²) < 4.78 is 19.3. The average molecular weight is 415 g/mol. The van der Waals surface area contributed by atoms with Crippen LogP contribution in [0.1, 0.15) is 33.5 Å². The first-order chi connectivity index (χ1) is 15.0. The maximum atomic E-state index is 13.3. The molecule has 0 saturated carbocycles. The third kappa shape index (κ3) is 4.21. The first kappa shape index (κ1) is 19.8. The molecule has 0 aliphatic carbocycles. The van der Waals surface area contributed by atoms with Gasteiger partial charge in [0, 0.05) is 36.2 Å². The van der Waals surface area contributed by atoms with Gasteiger partial charge in [0.2, 0.25) is 0 Å². The van der Waals surface area contributed by atoms with Gasteiger partial charge in [0.05, 0.1) is 0 Å². The normalized spacial score (nSPS) is 14.0. The second-order valence-electron chi connectivity index (χ2n) is 8.57. The lowest BCUT2D eigenvalue weighted by atomic mass is 9.99. The summed E-state index contributed by atoms with van der Waals surface area (Å²) in [4.78, 5) is 6.08. The summed E-state index contributed by atoms with van der Waals surface area (Å²) >= 11 is 0. The summed E-state index contributed by atoms with van der Waals surface area (Å²) in [5, 5.41) is 1.33. The predicted octanol–water partition coefficient (Wildman–Crippen LogP) is 6.06. The molecule has 0 fully saturated rings. The summed E-state index contributed by atoms with van der Waals surface area (Å²) in [5.74, 6) is 0.616. The Bertz CT molecular complexity index is 1240. The lowest BCUT2D eigenvalue weighted by Gasteiger charge is -2.28. The molecule has 0 spiro atoms. The quantitative estimate of drug-likeness (QED) is 0.430. The number of rotatable bonds is 5. The van der Waals surface area contributed by atoms with E-state index in [0.717, 1.165) is 37.4 Å². The van der Waals surface area contributed by atoms with Gasteiger partial charge >= 0.3 is 0 Å². The van der Waals surface area contributed by atoms with Crippen molar-refractivity contribution >= 4 is 10.9 Å². The standard InChI is InChI=1S/C27H27FN2O/c1-18-6-9-27-26(19(18)2)14-24(29-27)16-30-11-10-21-13-25(8-7-22(21)15-30)31-17-20-4-3-5-23(28)12-20/h3-9,12-14,29H,10-11,15-17H2,1-2H3. The Kier molecular flexibility index (Phi) is 5.24. The molecular formula is C27H27FN2O. The highest BCUT2D eigenvalue weighted by Crippen LogP contribution is 2.27. The van der Waals surface area contributed by atoms with Gasteiger partial charge in [-0.15, -0.1) is 0 Å². The fourth-order valence-electron chi connectivity index (χ4n) is 4.45. The highest BCUT2D eigenvalue weighted by molar-refractivity contribution is 5.84. The van der Waals surface area contributed by atoms with E-state index in [4.69, 9.17) is 4.74 Å². The van der Waals surface area contributed by atoms with Crippen LogP contribution in [0, 0.1) is 19.7 Å². The Morgan fingerprint density at radius 3 is 2.77 bits per heavy atom. The zero-order valence-corrected chi connectivity index (χ0v) is 18.0. The van der Waals surface area contributed by atoms with Crippen LogP contribution in [0.25, 0.3) is 10.9 Å². The molecule has 0 atom stereocenters. The molecule has 0 saturated heterocycles. The van der Waals surface area contributed by atoms with Crippen LogP contribution >= 0.6 is 0 Å². The van der Waals surface area contributed by atoms with Gasteiger partial charge in [0.1, 0.15) is 18.2 Å². The van der Waals surface area contributed by atoms with Crippen molar-refractivity contribution in [1.29, 1.82) is 0 Å². The van der Waals surface area contributed by atoms with Gasteiger partial charge in [-0.3, -0.25) is 4.90 Å². The van der Waals surface area contributed by atoms with Crippen molar-refractivity contribution < 1.29 is 9.13 Å². The summed E-state index contributed by atoms with van der Waals surface area (Å²) in [7, 11) is 0. The smallest absolute Gasteiger partial charge is 0.123 e. The minimum Gasteiger partial charge on any atom is -0.489 e. The number of benzene rings is 3. The van der Waals surface area contributed by atoms with Crippen LogP contribution in [0.15, 0.2) is 60.7 Å². The van der Waals surface area contributed by atoms with E-state index in [9.17, 15) is 4.39 Å². The molecule has 1 N–H and O–H groups in total. The predicted molar refractivity (Wildman–Crippen MR) is 123 cm³/mol. The SMILES string of the molecule is Cc1ccc2[nH]c(CN3CCc4cc(OCc5cccc(F)c5)ccc4C3)cc2c1C. The molecule has 2 heterocycles. The number of halogens is 1. The summed E-state index contributed by atoms with van der Waals surface area (Å²) in [5.41, 5.74) is 8.71. The number of nitrogens with zero attached hydrogens (tertiary/aromatic N) is 1. The second-order valence-corrected chi connectivity index (χ2v) is 8.57. The molecule has 4 heteroatoms. The first-order valence-electron chi connectivity index (χ1n) is 10.8. The Hall–Kier alpha value is -3.11. The van der Waals surface area contributed by atoms with Crippen molar-refractivity contribution in [1.82, 2.24) is 9.88 Å². The summed E-state index contributed by atoms with van der Waals surface area (Å²) in [6.45, 7) is 7.62. The molecule has 0 radical (unpaired) electrons. The zero-order chi connectivity index (χ0) is 21.4. The number of fused-ring (bicyclic) bond motifs is 2. The Morgan fingerprint density at radius 1 is 1.00 bits per heavy atom. The van der Waals surface area contributed by atoms with E-state index in [2.05, 4.69) is 54.1 Å². The van der Waals surface area contributed by atoms with Crippen LogP contribution in [-0.2, 0) is 26.1 Å². The van der Waals surface area contributed by atoms with Gasteiger partial charge in [0.15, 0.2) is 0 Å². The molecular weight excluding hydrogens is 387 g/mol. The minimum atomic E-state index is -0.230. The van der Waals surface area contributed by atoms with Crippen LogP contribution in [0.3, 0.4) is 0 Å². The van der Waals surface area contributed by atoms with E-state index in [0.29, 0.717) is 6.61 Å². The fourth-order valence-corrected chi connectivity index (χ4v) is 4.45. The summed E-state index contributed by atoms with van der Waals surface area (Å²) in [6.07, 6.45) is 1.00. The Balaban J connectivity index is 1.25. The van der Waals surface area contributed by atoms with Crippen molar-refractivity contribution in [3.63, 3.8) is 0 Å². The van der Waals surface area contributed by atoms with Crippen molar-refractivity contribution in [3.05, 3.63) is 100.0 Å². The number of aromatic nitrogens is 1. The van der Waals surface area contributed by atoms with Crippen LogP contribution < -0.4 is 4.74 Å². The number of aryl methyl sites for hydroxylation is 2. The number of nitrogens with one attached hydrogen (secondary N) is 1. The number of hydrogen-bond acceptors (Lipinski definition) is 2. The van der Waals surface area contributed by atoms with Gasteiger partial charge in [-0.1, -0.05) is 24.3 Å². The third-order valence-electron chi connectivity index (χ3n) is 6.36. The van der Waals surface area contributed by atoms with Gasteiger partial charge in [0.25, 0.3) is 0 Å². The molecule has 1 aliphatic rings. The van der Waals surface area contributed by atoms with Crippen molar-refractivity contribution in [2.45, 2.75) is 40.0 Å². The number of aromatic amines is 1. The molecule has 31 heavy (non-hydrogen) atoms. The molecule has 4 aromatic rings. The zero-order valence-electron chi connectivity index (χ0n) is 18.0. The van der Waals surface area contributed by atoms with E-state index in [1.807, 2.05) is 12.1 Å². The molecule has 3 nitrogen and oxygen atoms in total. The molecule has 5 rings (SSSR count). The molecule has 3 aromatic carbocycles. The third-order valence-corrected chi connectivity index (χ3v) is 6.36. The molecule has 1 aromatic heterocycles. The van der Waals surface area contributed by atoms with Gasteiger partial charge in [-0.05, 0) is 84.5 Å². The van der Waals surface area contributed by atoms with Crippen LogP contribution in [-0.4, -0.2) is 16.4 Å². The maximum absolute atomic E-state index is 13.3. The van der Waals surface area contributed by atoms with E-state index in [1.165, 1.54) is 51.0 Å². The molecule has 0 bridgehead atoms. The van der Waals surface area contributed by atoms with Gasteiger partial charge < -0.3 is 9.72 Å². The molecule has 0 amide bonds. The van der Waals surface area contributed by atoms with E-state index in [-0.39, 0.29) is 5.82 Å². The van der Waals surface area contributed by atoms with Crippen molar-refractivity contribution in [2.75, 3.05) is 6.54 Å².